The minimum absolute atomic E-state index is 0.252. The number of esters is 1. The Morgan fingerprint density at radius 3 is 2.45 bits per heavy atom. The molecule has 4 nitrogen and oxygen atoms in total. The molecular formula is C16H14O4. The lowest BCUT2D eigenvalue weighted by atomic mass is 10.1. The zero-order valence-electron chi connectivity index (χ0n) is 11.0. The van der Waals surface area contributed by atoms with Crippen LogP contribution in [-0.2, 0) is 16.1 Å². The number of benzene rings is 2. The lowest BCUT2D eigenvalue weighted by Crippen LogP contribution is -2.15. The van der Waals surface area contributed by atoms with Gasteiger partial charge in [0.25, 0.3) is 5.78 Å². The van der Waals surface area contributed by atoms with Gasteiger partial charge in [0.2, 0.25) is 0 Å². The SMILES string of the molecule is COC(=O)C(=O)c1cccc(OCc2ccccc2)c1. The Bertz CT molecular complexity index is 605. The van der Waals surface area contributed by atoms with Gasteiger partial charge in [-0.2, -0.15) is 0 Å². The van der Waals surface area contributed by atoms with Crippen molar-refractivity contribution in [3.63, 3.8) is 0 Å². The van der Waals surface area contributed by atoms with E-state index in [1.165, 1.54) is 13.2 Å². The molecule has 0 saturated heterocycles. The Kier molecular flexibility index (Phi) is 4.50. The Morgan fingerprint density at radius 2 is 1.75 bits per heavy atom. The van der Waals surface area contributed by atoms with Crippen molar-refractivity contribution in [2.24, 2.45) is 0 Å². The topological polar surface area (TPSA) is 52.6 Å². The van der Waals surface area contributed by atoms with E-state index in [0.29, 0.717) is 12.4 Å². The summed E-state index contributed by atoms with van der Waals surface area (Å²) in [5.74, 6) is -1.04. The Morgan fingerprint density at radius 1 is 1.00 bits per heavy atom. The fourth-order valence-electron chi connectivity index (χ4n) is 1.68. The summed E-state index contributed by atoms with van der Waals surface area (Å²) < 4.78 is 10.00. The first-order valence-electron chi connectivity index (χ1n) is 6.10. The molecule has 0 N–H and O–H groups in total. The molecule has 2 aromatic rings. The van der Waals surface area contributed by atoms with E-state index < -0.39 is 11.8 Å². The summed E-state index contributed by atoms with van der Waals surface area (Å²) in [5, 5.41) is 0. The highest BCUT2D eigenvalue weighted by atomic mass is 16.5. The van der Waals surface area contributed by atoms with Crippen molar-refractivity contribution >= 4 is 11.8 Å². The second-order valence-corrected chi connectivity index (χ2v) is 4.12. The fourth-order valence-corrected chi connectivity index (χ4v) is 1.68. The van der Waals surface area contributed by atoms with Crippen LogP contribution in [-0.4, -0.2) is 18.9 Å². The van der Waals surface area contributed by atoms with E-state index in [2.05, 4.69) is 4.74 Å². The number of carbonyl (C=O) groups excluding carboxylic acids is 2. The van der Waals surface area contributed by atoms with Gasteiger partial charge in [0.15, 0.2) is 0 Å². The molecule has 0 amide bonds. The third kappa shape index (κ3) is 3.45. The summed E-state index contributed by atoms with van der Waals surface area (Å²) >= 11 is 0. The highest BCUT2D eigenvalue weighted by Gasteiger charge is 2.16. The average molecular weight is 270 g/mol. The highest BCUT2D eigenvalue weighted by Crippen LogP contribution is 2.16. The zero-order valence-corrected chi connectivity index (χ0v) is 11.0. The molecule has 0 aliphatic heterocycles. The van der Waals surface area contributed by atoms with Gasteiger partial charge in [0, 0.05) is 5.56 Å². The second-order valence-electron chi connectivity index (χ2n) is 4.12. The van der Waals surface area contributed by atoms with Gasteiger partial charge in [-0.25, -0.2) is 4.79 Å². The van der Waals surface area contributed by atoms with Crippen LogP contribution in [0.1, 0.15) is 15.9 Å². The molecular weight excluding hydrogens is 256 g/mol. The number of ketones is 1. The number of methoxy groups -OCH3 is 1. The van der Waals surface area contributed by atoms with Crippen molar-refractivity contribution in [2.45, 2.75) is 6.61 Å². The maximum Gasteiger partial charge on any atom is 0.379 e. The molecule has 0 bridgehead atoms. The number of hydrogen-bond acceptors (Lipinski definition) is 4. The van der Waals surface area contributed by atoms with E-state index in [4.69, 9.17) is 4.74 Å². The molecule has 4 heteroatoms. The highest BCUT2D eigenvalue weighted by molar-refractivity contribution is 6.40. The fraction of sp³-hybridized carbons (Fsp3) is 0.125. The van der Waals surface area contributed by atoms with Crippen molar-refractivity contribution in [3.05, 3.63) is 65.7 Å². The van der Waals surface area contributed by atoms with Gasteiger partial charge in [-0.05, 0) is 17.7 Å². The average Bonchev–Trinajstić information content (AvgIpc) is 2.52. The van der Waals surface area contributed by atoms with Crippen LogP contribution < -0.4 is 4.74 Å². The van der Waals surface area contributed by atoms with Gasteiger partial charge in [-0.3, -0.25) is 4.79 Å². The van der Waals surface area contributed by atoms with Crippen molar-refractivity contribution in [1.82, 2.24) is 0 Å². The van der Waals surface area contributed by atoms with Crippen LogP contribution in [0, 0.1) is 0 Å². The number of hydrogen-bond donors (Lipinski definition) is 0. The minimum atomic E-state index is -0.884. The maximum atomic E-state index is 11.7. The van der Waals surface area contributed by atoms with Crippen LogP contribution >= 0.6 is 0 Å². The first-order chi connectivity index (χ1) is 9.70. The number of ether oxygens (including phenoxy) is 2. The third-order valence-corrected chi connectivity index (χ3v) is 2.72. The van der Waals surface area contributed by atoms with Gasteiger partial charge in [0.05, 0.1) is 7.11 Å². The largest absolute Gasteiger partial charge is 0.489 e. The molecule has 0 unspecified atom stereocenters. The molecule has 0 radical (unpaired) electrons. The molecule has 2 rings (SSSR count). The van der Waals surface area contributed by atoms with Crippen LogP contribution in [0.15, 0.2) is 54.6 Å². The van der Waals surface area contributed by atoms with Gasteiger partial charge in [-0.1, -0.05) is 42.5 Å². The summed E-state index contributed by atoms with van der Waals surface area (Å²) in [7, 11) is 1.18. The van der Waals surface area contributed by atoms with E-state index in [1.54, 1.807) is 18.2 Å². The second kappa shape index (κ2) is 6.52. The standard InChI is InChI=1S/C16H14O4/c1-19-16(18)15(17)13-8-5-9-14(10-13)20-11-12-6-3-2-4-7-12/h2-10H,11H2,1H3. The lowest BCUT2D eigenvalue weighted by Gasteiger charge is -2.07. The third-order valence-electron chi connectivity index (χ3n) is 2.72. The summed E-state index contributed by atoms with van der Waals surface area (Å²) in [5.41, 5.74) is 1.28. The molecule has 0 fully saturated rings. The Hall–Kier alpha value is -2.62. The molecule has 0 aromatic heterocycles. The number of Topliss-reactive ketones (excluding diaryl/α,β-unsaturated/α-hetero) is 1. The molecule has 0 atom stereocenters. The first-order valence-corrected chi connectivity index (χ1v) is 6.10. The molecule has 0 aliphatic rings. The van der Waals surface area contributed by atoms with E-state index in [1.807, 2.05) is 30.3 Å². The van der Waals surface area contributed by atoms with Crippen molar-refractivity contribution in [2.75, 3.05) is 7.11 Å². The van der Waals surface area contributed by atoms with Gasteiger partial charge >= 0.3 is 5.97 Å². The summed E-state index contributed by atoms with van der Waals surface area (Å²) in [6.45, 7) is 0.400. The number of carbonyl (C=O) groups is 2. The number of rotatable bonds is 5. The summed E-state index contributed by atoms with van der Waals surface area (Å²) in [4.78, 5) is 22.9. The van der Waals surface area contributed by atoms with Crippen molar-refractivity contribution < 1.29 is 19.1 Å². The predicted molar refractivity (Wildman–Crippen MR) is 73.6 cm³/mol. The first kappa shape index (κ1) is 13.8. The van der Waals surface area contributed by atoms with Crippen LogP contribution in [0.3, 0.4) is 0 Å². The summed E-state index contributed by atoms with van der Waals surface area (Å²) in [6.07, 6.45) is 0. The molecule has 0 aliphatic carbocycles. The smallest absolute Gasteiger partial charge is 0.379 e. The van der Waals surface area contributed by atoms with E-state index in [0.717, 1.165) is 5.56 Å². The molecule has 102 valence electrons. The van der Waals surface area contributed by atoms with Crippen LogP contribution in [0.25, 0.3) is 0 Å². The van der Waals surface area contributed by atoms with Crippen molar-refractivity contribution in [3.8, 4) is 5.75 Å². The summed E-state index contributed by atoms with van der Waals surface area (Å²) in [6, 6.07) is 16.2. The van der Waals surface area contributed by atoms with Crippen LogP contribution in [0.4, 0.5) is 0 Å². The van der Waals surface area contributed by atoms with Gasteiger partial charge in [0.1, 0.15) is 12.4 Å². The molecule has 2 aromatic carbocycles. The quantitative estimate of drug-likeness (QED) is 0.476. The molecule has 0 spiro atoms. The Labute approximate surface area is 116 Å². The normalized spacial score (nSPS) is 9.85. The van der Waals surface area contributed by atoms with E-state index in [-0.39, 0.29) is 5.56 Å². The maximum absolute atomic E-state index is 11.7. The van der Waals surface area contributed by atoms with E-state index in [9.17, 15) is 9.59 Å². The Balaban J connectivity index is 2.06. The van der Waals surface area contributed by atoms with Gasteiger partial charge in [-0.15, -0.1) is 0 Å². The zero-order chi connectivity index (χ0) is 14.4. The lowest BCUT2D eigenvalue weighted by molar-refractivity contribution is -0.135. The van der Waals surface area contributed by atoms with Gasteiger partial charge < -0.3 is 9.47 Å². The van der Waals surface area contributed by atoms with Crippen molar-refractivity contribution in [1.29, 1.82) is 0 Å². The van der Waals surface area contributed by atoms with Crippen LogP contribution in [0.5, 0.6) is 5.75 Å². The molecule has 0 heterocycles. The molecule has 0 saturated carbocycles. The molecule has 20 heavy (non-hydrogen) atoms. The van der Waals surface area contributed by atoms with E-state index >= 15 is 0 Å². The monoisotopic (exact) mass is 270 g/mol. The minimum Gasteiger partial charge on any atom is -0.489 e. The van der Waals surface area contributed by atoms with Crippen LogP contribution in [0.2, 0.25) is 0 Å². The predicted octanol–water partition coefficient (Wildman–Crippen LogP) is 2.62.